The van der Waals surface area contributed by atoms with Gasteiger partial charge in [-0.25, -0.2) is 0 Å². The number of allylic oxidation sites excluding steroid dienone is 1. The predicted octanol–water partition coefficient (Wildman–Crippen LogP) is 7.62. The second-order valence-electron chi connectivity index (χ2n) is 10.3. The summed E-state index contributed by atoms with van der Waals surface area (Å²) in [5, 5.41) is 9.68. The van der Waals surface area contributed by atoms with Crippen molar-refractivity contribution in [3.63, 3.8) is 0 Å². The molecule has 4 aromatic rings. The lowest BCUT2D eigenvalue weighted by Crippen LogP contribution is -2.27. The molecule has 2 N–H and O–H groups in total. The summed E-state index contributed by atoms with van der Waals surface area (Å²) >= 11 is 0. The van der Waals surface area contributed by atoms with Gasteiger partial charge in [0.1, 0.15) is 0 Å². The molecule has 6 rings (SSSR count). The van der Waals surface area contributed by atoms with Gasteiger partial charge in [0, 0.05) is 17.7 Å². The Bertz CT molecular complexity index is 1550. The van der Waals surface area contributed by atoms with Gasteiger partial charge >= 0.3 is 0 Å². The van der Waals surface area contributed by atoms with Crippen molar-refractivity contribution in [3.05, 3.63) is 107 Å². The number of para-hydroxylation sites is 2. The molecule has 0 amide bonds. The Morgan fingerprint density at radius 1 is 0.842 bits per heavy atom. The summed E-state index contributed by atoms with van der Waals surface area (Å²) in [4.78, 5) is 14.0. The Labute approximate surface area is 223 Å². The first-order valence-corrected chi connectivity index (χ1v) is 13.2. The highest BCUT2D eigenvalue weighted by atomic mass is 16.5. The fourth-order valence-corrected chi connectivity index (χ4v) is 5.75. The van der Waals surface area contributed by atoms with Crippen LogP contribution in [0.2, 0.25) is 0 Å². The summed E-state index contributed by atoms with van der Waals surface area (Å²) in [5.41, 5.74) is 5.95. The predicted molar refractivity (Wildman–Crippen MR) is 153 cm³/mol. The van der Waals surface area contributed by atoms with Crippen molar-refractivity contribution in [3.8, 4) is 11.5 Å². The third kappa shape index (κ3) is 4.38. The van der Waals surface area contributed by atoms with Gasteiger partial charge in [-0.05, 0) is 72.4 Å². The quantitative estimate of drug-likeness (QED) is 0.293. The van der Waals surface area contributed by atoms with Crippen molar-refractivity contribution in [1.29, 1.82) is 0 Å². The van der Waals surface area contributed by atoms with Crippen molar-refractivity contribution < 1.29 is 14.3 Å². The zero-order chi connectivity index (χ0) is 26.2. The molecule has 1 aliphatic carbocycles. The number of hydrogen-bond donors (Lipinski definition) is 2. The number of benzene rings is 4. The number of carbonyl (C=O) groups excluding carboxylic acids is 1. The van der Waals surface area contributed by atoms with Crippen LogP contribution in [0.1, 0.15) is 49.8 Å². The van der Waals surface area contributed by atoms with Crippen LogP contribution >= 0.6 is 0 Å². The van der Waals surface area contributed by atoms with Gasteiger partial charge in [0.15, 0.2) is 17.3 Å². The lowest BCUT2D eigenvalue weighted by molar-refractivity contribution is -0.116. The van der Waals surface area contributed by atoms with E-state index in [2.05, 4.69) is 71.3 Å². The van der Waals surface area contributed by atoms with Gasteiger partial charge in [0.25, 0.3) is 0 Å². The first kappa shape index (κ1) is 24.1. The molecule has 1 aliphatic heterocycles. The van der Waals surface area contributed by atoms with Crippen molar-refractivity contribution >= 4 is 27.9 Å². The monoisotopic (exact) mass is 504 g/mol. The summed E-state index contributed by atoms with van der Waals surface area (Å²) in [6.07, 6.45) is 1.21. The van der Waals surface area contributed by atoms with Crippen LogP contribution in [0.4, 0.5) is 11.4 Å². The number of fused-ring (bicyclic) bond motifs is 2. The Balaban J connectivity index is 1.44. The summed E-state index contributed by atoms with van der Waals surface area (Å²) in [7, 11) is 1.66. The number of rotatable bonds is 5. The number of hydrogen-bond acceptors (Lipinski definition) is 5. The minimum absolute atomic E-state index is 0.0363. The average Bonchev–Trinajstić information content (AvgIpc) is 3.09. The summed E-state index contributed by atoms with van der Waals surface area (Å²) < 4.78 is 11.6. The fourth-order valence-electron chi connectivity index (χ4n) is 5.75. The fraction of sp³-hybridized carbons (Fsp3) is 0.242. The molecule has 2 aliphatic rings. The molecule has 0 aromatic heterocycles. The van der Waals surface area contributed by atoms with E-state index in [1.807, 2.05) is 38.1 Å². The van der Waals surface area contributed by atoms with E-state index in [1.165, 1.54) is 0 Å². The first-order chi connectivity index (χ1) is 18.5. The average molecular weight is 505 g/mol. The van der Waals surface area contributed by atoms with Crippen LogP contribution in [-0.2, 0) is 4.79 Å². The molecule has 4 aromatic carbocycles. The van der Waals surface area contributed by atoms with Crippen LogP contribution < -0.4 is 20.1 Å². The van der Waals surface area contributed by atoms with Gasteiger partial charge < -0.3 is 20.1 Å². The van der Waals surface area contributed by atoms with Crippen LogP contribution in [0, 0.1) is 0 Å². The van der Waals surface area contributed by atoms with E-state index in [0.717, 1.165) is 56.7 Å². The van der Waals surface area contributed by atoms with Crippen LogP contribution in [0.3, 0.4) is 0 Å². The molecule has 0 fully saturated rings. The molecule has 0 radical (unpaired) electrons. The van der Waals surface area contributed by atoms with Gasteiger partial charge in [-0.3, -0.25) is 4.79 Å². The molecule has 5 heteroatoms. The zero-order valence-electron chi connectivity index (χ0n) is 22.0. The number of nitrogens with one attached hydrogen (secondary N) is 2. The maximum atomic E-state index is 14.0. The maximum Gasteiger partial charge on any atom is 0.163 e. The molecule has 0 saturated heterocycles. The second-order valence-corrected chi connectivity index (χ2v) is 10.3. The molecule has 0 saturated carbocycles. The number of anilines is 2. The van der Waals surface area contributed by atoms with E-state index in [0.29, 0.717) is 12.2 Å². The Morgan fingerprint density at radius 2 is 1.61 bits per heavy atom. The topological polar surface area (TPSA) is 59.6 Å². The van der Waals surface area contributed by atoms with Gasteiger partial charge in [-0.1, -0.05) is 60.7 Å². The highest BCUT2D eigenvalue weighted by molar-refractivity contribution is 6.02. The zero-order valence-corrected chi connectivity index (χ0v) is 22.0. The minimum atomic E-state index is -0.253. The summed E-state index contributed by atoms with van der Waals surface area (Å²) in [5.74, 6) is 1.60. The largest absolute Gasteiger partial charge is 0.493 e. The summed E-state index contributed by atoms with van der Waals surface area (Å²) in [6.45, 7) is 3.99. The van der Waals surface area contributed by atoms with E-state index in [-0.39, 0.29) is 23.8 Å². The Kier molecular flexibility index (Phi) is 6.28. The van der Waals surface area contributed by atoms with Crippen molar-refractivity contribution in [2.45, 2.75) is 44.8 Å². The molecule has 0 spiro atoms. The van der Waals surface area contributed by atoms with Gasteiger partial charge in [0.05, 0.1) is 30.6 Å². The number of ketones is 1. The van der Waals surface area contributed by atoms with Gasteiger partial charge in [-0.15, -0.1) is 0 Å². The maximum absolute atomic E-state index is 14.0. The third-order valence-corrected chi connectivity index (χ3v) is 7.47. The van der Waals surface area contributed by atoms with E-state index >= 15 is 0 Å². The van der Waals surface area contributed by atoms with Crippen LogP contribution in [0.25, 0.3) is 10.8 Å². The van der Waals surface area contributed by atoms with Crippen LogP contribution in [0.15, 0.2) is 96.2 Å². The van der Waals surface area contributed by atoms with E-state index in [4.69, 9.17) is 9.47 Å². The third-order valence-electron chi connectivity index (χ3n) is 7.47. The lowest BCUT2D eigenvalue weighted by atomic mass is 9.78. The molecule has 2 atom stereocenters. The first-order valence-electron chi connectivity index (χ1n) is 13.2. The van der Waals surface area contributed by atoms with Crippen LogP contribution in [-0.4, -0.2) is 19.0 Å². The highest BCUT2D eigenvalue weighted by Crippen LogP contribution is 2.46. The Morgan fingerprint density at radius 3 is 2.42 bits per heavy atom. The van der Waals surface area contributed by atoms with E-state index in [9.17, 15) is 4.79 Å². The molecule has 1 heterocycles. The van der Waals surface area contributed by atoms with Crippen molar-refractivity contribution in [2.24, 2.45) is 0 Å². The van der Waals surface area contributed by atoms with Gasteiger partial charge in [-0.2, -0.15) is 0 Å². The lowest BCUT2D eigenvalue weighted by Gasteiger charge is -2.30. The molecule has 38 heavy (non-hydrogen) atoms. The van der Waals surface area contributed by atoms with Crippen LogP contribution in [0.5, 0.6) is 11.5 Å². The highest BCUT2D eigenvalue weighted by Gasteiger charge is 2.36. The molecular formula is C33H32N2O3. The smallest absolute Gasteiger partial charge is 0.163 e. The standard InChI is InChI=1S/C33H32N2O3/c1-20(2)38-30-16-15-22(19-31(30)37-3)23-17-28-32(29(36)18-23)33(35-27-14-7-6-13-26(27)34-28)25-12-8-10-21-9-4-5-11-24(21)25/h4-16,19-20,23,33-35H,17-18H2,1-3H3. The number of Topliss-reactive ketones (excluding diaryl/α,β-unsaturated/α-hetero) is 1. The van der Waals surface area contributed by atoms with E-state index < -0.39 is 0 Å². The molecule has 0 bridgehead atoms. The summed E-state index contributed by atoms with van der Waals surface area (Å²) in [6, 6.07) is 28.7. The number of ether oxygens (including phenoxy) is 2. The van der Waals surface area contributed by atoms with Crippen molar-refractivity contribution in [1.82, 2.24) is 0 Å². The van der Waals surface area contributed by atoms with Gasteiger partial charge in [0.2, 0.25) is 0 Å². The minimum Gasteiger partial charge on any atom is -0.493 e. The number of carbonyl (C=O) groups is 1. The Hall–Kier alpha value is -4.25. The normalized spacial score (nSPS) is 18.8. The molecule has 192 valence electrons. The second kappa shape index (κ2) is 9.90. The SMILES string of the molecule is COc1cc(C2CC(=O)C3=C(C2)Nc2ccccc2NC3c2cccc3ccccc23)ccc1OC(C)C. The molecular weight excluding hydrogens is 472 g/mol. The number of methoxy groups -OCH3 is 1. The molecule has 2 unspecified atom stereocenters. The van der Waals surface area contributed by atoms with E-state index in [1.54, 1.807) is 7.11 Å². The van der Waals surface area contributed by atoms with Crippen molar-refractivity contribution in [2.75, 3.05) is 17.7 Å². The molecule has 5 nitrogen and oxygen atoms in total.